The van der Waals surface area contributed by atoms with E-state index in [1.165, 1.54) is 17.8 Å². The SMILES string of the molecule is CCOC(=O)CSc1nnc(NC(=O)[C@@H](N=C2NS(=O)(=O)c3ccccc32)[C@@H](C)CC)s1. The van der Waals surface area contributed by atoms with Gasteiger partial charge in [0.05, 0.1) is 17.3 Å². The first-order chi connectivity index (χ1) is 15.2. The summed E-state index contributed by atoms with van der Waals surface area (Å²) in [7, 11) is -3.71. The number of amides is 1. The van der Waals surface area contributed by atoms with Gasteiger partial charge in [-0.2, -0.15) is 0 Å². The van der Waals surface area contributed by atoms with Gasteiger partial charge in [0.15, 0.2) is 4.34 Å². The molecule has 0 fully saturated rings. The molecule has 1 aromatic heterocycles. The van der Waals surface area contributed by atoms with Crippen LogP contribution in [0.5, 0.6) is 0 Å². The molecule has 0 bridgehead atoms. The molecule has 1 aliphatic rings. The first-order valence-electron chi connectivity index (χ1n) is 9.88. The van der Waals surface area contributed by atoms with Crippen LogP contribution < -0.4 is 10.0 Å². The summed E-state index contributed by atoms with van der Waals surface area (Å²) in [6.45, 7) is 5.82. The number of carbonyl (C=O) groups excluding carboxylic acids is 2. The molecule has 32 heavy (non-hydrogen) atoms. The Balaban J connectivity index is 1.76. The van der Waals surface area contributed by atoms with Crippen LogP contribution in [0.4, 0.5) is 5.13 Å². The zero-order chi connectivity index (χ0) is 23.3. The summed E-state index contributed by atoms with van der Waals surface area (Å²) in [4.78, 5) is 29.1. The van der Waals surface area contributed by atoms with Crippen molar-refractivity contribution in [1.29, 1.82) is 0 Å². The van der Waals surface area contributed by atoms with Gasteiger partial charge in [-0.3, -0.25) is 24.6 Å². The molecule has 0 saturated carbocycles. The number of anilines is 1. The maximum absolute atomic E-state index is 13.0. The highest BCUT2D eigenvalue weighted by atomic mass is 32.2. The molecule has 0 aliphatic carbocycles. The Morgan fingerprint density at radius 2 is 2.03 bits per heavy atom. The third kappa shape index (κ3) is 5.64. The lowest BCUT2D eigenvalue weighted by Crippen LogP contribution is -2.34. The van der Waals surface area contributed by atoms with E-state index in [0.717, 1.165) is 11.3 Å². The van der Waals surface area contributed by atoms with Crippen molar-refractivity contribution < 1.29 is 22.7 Å². The van der Waals surface area contributed by atoms with Crippen molar-refractivity contribution in [3.8, 4) is 0 Å². The zero-order valence-corrected chi connectivity index (χ0v) is 20.1. The van der Waals surface area contributed by atoms with Crippen LogP contribution in [0, 0.1) is 5.92 Å². The number of amidine groups is 1. The highest BCUT2D eigenvalue weighted by Gasteiger charge is 2.33. The monoisotopic (exact) mass is 497 g/mol. The molecule has 0 unspecified atom stereocenters. The summed E-state index contributed by atoms with van der Waals surface area (Å²) in [6, 6.07) is 5.65. The fraction of sp³-hybridized carbons (Fsp3) is 0.421. The van der Waals surface area contributed by atoms with E-state index in [9.17, 15) is 18.0 Å². The predicted molar refractivity (Wildman–Crippen MR) is 122 cm³/mol. The Bertz CT molecular complexity index is 1130. The minimum absolute atomic E-state index is 0.0963. The molecule has 172 valence electrons. The van der Waals surface area contributed by atoms with E-state index in [2.05, 4.69) is 25.2 Å². The Morgan fingerprint density at radius 3 is 2.75 bits per heavy atom. The topological polar surface area (TPSA) is 140 Å². The summed E-state index contributed by atoms with van der Waals surface area (Å²) in [5, 5.41) is 10.9. The minimum atomic E-state index is -3.71. The number of nitrogens with zero attached hydrogens (tertiary/aromatic N) is 3. The van der Waals surface area contributed by atoms with Crippen LogP contribution in [-0.4, -0.2) is 54.7 Å². The van der Waals surface area contributed by atoms with Crippen LogP contribution in [0.15, 0.2) is 38.5 Å². The third-order valence-electron chi connectivity index (χ3n) is 4.64. The zero-order valence-electron chi connectivity index (χ0n) is 17.7. The molecule has 2 N–H and O–H groups in total. The Kier molecular flexibility index (Phi) is 7.85. The lowest BCUT2D eigenvalue weighted by molar-refractivity contribution is -0.139. The minimum Gasteiger partial charge on any atom is -0.465 e. The van der Waals surface area contributed by atoms with Crippen LogP contribution in [-0.2, 0) is 24.3 Å². The maximum Gasteiger partial charge on any atom is 0.316 e. The number of fused-ring (bicyclic) bond motifs is 1. The maximum atomic E-state index is 13.0. The first kappa shape index (κ1) is 24.1. The van der Waals surface area contributed by atoms with Crippen molar-refractivity contribution in [1.82, 2.24) is 14.9 Å². The number of hydrogen-bond acceptors (Lipinski definition) is 10. The van der Waals surface area contributed by atoms with Crippen molar-refractivity contribution in [2.75, 3.05) is 17.7 Å². The Morgan fingerprint density at radius 1 is 1.28 bits per heavy atom. The molecule has 2 heterocycles. The number of rotatable bonds is 9. The quantitative estimate of drug-likeness (QED) is 0.306. The van der Waals surface area contributed by atoms with Crippen molar-refractivity contribution in [2.45, 2.75) is 42.5 Å². The van der Waals surface area contributed by atoms with Crippen LogP contribution in [0.2, 0.25) is 0 Å². The second kappa shape index (κ2) is 10.4. The number of sulfonamides is 1. The van der Waals surface area contributed by atoms with Gasteiger partial charge in [-0.25, -0.2) is 8.42 Å². The van der Waals surface area contributed by atoms with Crippen molar-refractivity contribution in [3.63, 3.8) is 0 Å². The molecule has 10 nitrogen and oxygen atoms in total. The highest BCUT2D eigenvalue weighted by molar-refractivity contribution is 8.01. The van der Waals surface area contributed by atoms with E-state index in [4.69, 9.17) is 4.74 Å². The number of aliphatic imine (C=N–C) groups is 1. The number of ether oxygens (including phenoxy) is 1. The van der Waals surface area contributed by atoms with Crippen molar-refractivity contribution >= 4 is 56.0 Å². The molecule has 13 heteroatoms. The van der Waals surface area contributed by atoms with E-state index >= 15 is 0 Å². The summed E-state index contributed by atoms with van der Waals surface area (Å²) in [5.74, 6) is -0.702. The normalized spacial score (nSPS) is 17.3. The number of hydrogen-bond donors (Lipinski definition) is 2. The number of nitrogens with one attached hydrogen (secondary N) is 2. The van der Waals surface area contributed by atoms with Gasteiger partial charge in [-0.1, -0.05) is 55.5 Å². The number of benzene rings is 1. The van der Waals surface area contributed by atoms with Crippen LogP contribution in [0.1, 0.15) is 32.8 Å². The average Bonchev–Trinajstić information content (AvgIpc) is 3.31. The largest absolute Gasteiger partial charge is 0.465 e. The lowest BCUT2D eigenvalue weighted by Gasteiger charge is -2.18. The summed E-state index contributed by atoms with van der Waals surface area (Å²) < 4.78 is 32.5. The third-order valence-corrected chi connectivity index (χ3v) is 7.98. The molecule has 3 rings (SSSR count). The van der Waals surface area contributed by atoms with Crippen molar-refractivity contribution in [2.24, 2.45) is 10.9 Å². The second-order valence-corrected chi connectivity index (χ2v) is 10.7. The summed E-state index contributed by atoms with van der Waals surface area (Å²) >= 11 is 2.30. The van der Waals surface area contributed by atoms with Gasteiger partial charge in [-0.15, -0.1) is 10.2 Å². The molecule has 2 aromatic rings. The second-order valence-electron chi connectivity index (χ2n) is 6.87. The number of aromatic nitrogens is 2. The van der Waals surface area contributed by atoms with Gasteiger partial charge in [0.1, 0.15) is 11.9 Å². The van der Waals surface area contributed by atoms with E-state index in [1.807, 2.05) is 13.8 Å². The van der Waals surface area contributed by atoms with Gasteiger partial charge < -0.3 is 4.74 Å². The molecule has 1 amide bonds. The molecule has 0 spiro atoms. The van der Waals surface area contributed by atoms with Crippen LogP contribution in [0.25, 0.3) is 0 Å². The highest BCUT2D eigenvalue weighted by Crippen LogP contribution is 2.27. The van der Waals surface area contributed by atoms with Gasteiger partial charge in [0.25, 0.3) is 15.9 Å². The smallest absolute Gasteiger partial charge is 0.316 e. The first-order valence-corrected chi connectivity index (χ1v) is 13.2. The van der Waals surface area contributed by atoms with Crippen molar-refractivity contribution in [3.05, 3.63) is 29.8 Å². The molecule has 1 aromatic carbocycles. The van der Waals surface area contributed by atoms with Crippen LogP contribution >= 0.6 is 23.1 Å². The Hall–Kier alpha value is -2.51. The molecule has 0 saturated heterocycles. The molecule has 1 aliphatic heterocycles. The molecular weight excluding hydrogens is 474 g/mol. The fourth-order valence-electron chi connectivity index (χ4n) is 2.86. The average molecular weight is 498 g/mol. The summed E-state index contributed by atoms with van der Waals surface area (Å²) in [6.07, 6.45) is 0.653. The van der Waals surface area contributed by atoms with Gasteiger partial charge in [0, 0.05) is 5.56 Å². The molecular formula is C19H23N5O5S3. The van der Waals surface area contributed by atoms with Gasteiger partial charge in [0.2, 0.25) is 5.13 Å². The summed E-state index contributed by atoms with van der Waals surface area (Å²) in [5.41, 5.74) is 0.433. The lowest BCUT2D eigenvalue weighted by atomic mass is 9.99. The van der Waals surface area contributed by atoms with E-state index < -0.39 is 22.0 Å². The van der Waals surface area contributed by atoms with Gasteiger partial charge >= 0.3 is 5.97 Å². The van der Waals surface area contributed by atoms with Gasteiger partial charge in [-0.05, 0) is 25.0 Å². The van der Waals surface area contributed by atoms with E-state index in [-0.39, 0.29) is 33.5 Å². The Labute approximate surface area is 194 Å². The number of thioether (sulfide) groups is 1. The molecule has 0 radical (unpaired) electrons. The van der Waals surface area contributed by atoms with E-state index in [0.29, 0.717) is 22.9 Å². The van der Waals surface area contributed by atoms with Crippen LogP contribution in [0.3, 0.4) is 0 Å². The number of esters is 1. The van der Waals surface area contributed by atoms with E-state index in [1.54, 1.807) is 25.1 Å². The molecule has 2 atom stereocenters. The fourth-order valence-corrected chi connectivity index (χ4v) is 5.65. The standard InChI is InChI=1S/C19H23N5O5S3/c1-4-11(3)15(20-16-12-8-6-7-9-13(12)32(27,28)24-16)17(26)21-18-22-23-19(31-18)30-10-14(25)29-5-2/h6-9,11,15H,4-5,10H2,1-3H3,(H,20,24)(H,21,22,26)/t11-,15-/m0/s1. The predicted octanol–water partition coefficient (Wildman–Crippen LogP) is 2.29. The number of carbonyl (C=O) groups is 2.